The van der Waals surface area contributed by atoms with Crippen LogP contribution in [-0.4, -0.2) is 39.8 Å². The van der Waals surface area contributed by atoms with Gasteiger partial charge < -0.3 is 4.74 Å². The summed E-state index contributed by atoms with van der Waals surface area (Å²) < 4.78 is 5.20. The molecule has 1 heterocycles. The van der Waals surface area contributed by atoms with Gasteiger partial charge in [-0.3, -0.25) is 19.3 Å². The predicted octanol–water partition coefficient (Wildman–Crippen LogP) is 4.32. The summed E-state index contributed by atoms with van der Waals surface area (Å²) in [7, 11) is 0. The molecule has 2 amide bonds. The average molecular weight is 575 g/mol. The first-order valence-electron chi connectivity index (χ1n) is 10.8. The number of anilines is 1. The number of fused-ring (bicyclic) bond motifs is 5. The van der Waals surface area contributed by atoms with Crippen LogP contribution in [0.4, 0.5) is 5.69 Å². The van der Waals surface area contributed by atoms with Crippen LogP contribution in [0, 0.1) is 30.6 Å². The van der Waals surface area contributed by atoms with E-state index in [2.05, 4.69) is 31.9 Å². The molecule has 2 aliphatic carbocycles. The normalized spacial score (nSPS) is 30.0. The zero-order valence-electron chi connectivity index (χ0n) is 17.7. The maximum Gasteiger partial charge on any atom is 0.338 e. The molecule has 6 atom stereocenters. The number of hydrogen-bond donors (Lipinski definition) is 0. The van der Waals surface area contributed by atoms with Gasteiger partial charge in [-0.15, -0.1) is 0 Å². The number of carbonyl (C=O) groups excluding carboxylic acids is 4. The largest absolute Gasteiger partial charge is 0.454 e. The molecule has 0 aromatic heterocycles. The molecule has 1 aliphatic heterocycles. The molecule has 8 heteroatoms. The standard InChI is InChI=1S/C25H21Br2NO5/c1-12-5-7-13(8-6-12)18(29)11-33-25(32)14-3-2-4-15(9-14)28-23(30)19-16-10-17(20(19)24(28)31)22(27)21(16)26/h2-9,16-17,19-22H,10-11H2,1H3/t16-,17-,19-,20-,21-,22+/m0/s1. The number of halogens is 2. The number of esters is 1. The minimum atomic E-state index is -0.683. The van der Waals surface area contributed by atoms with Gasteiger partial charge in [0.15, 0.2) is 12.4 Å². The first kappa shape index (κ1) is 22.5. The quantitative estimate of drug-likeness (QED) is 0.230. The minimum Gasteiger partial charge on any atom is -0.454 e. The fourth-order valence-corrected chi connectivity index (χ4v) is 7.29. The van der Waals surface area contributed by atoms with Crippen LogP contribution in [0.2, 0.25) is 0 Å². The van der Waals surface area contributed by atoms with Gasteiger partial charge in [0, 0.05) is 15.2 Å². The second-order valence-electron chi connectivity index (χ2n) is 8.93. The van der Waals surface area contributed by atoms with Crippen LogP contribution in [0.1, 0.15) is 32.7 Å². The lowest BCUT2D eigenvalue weighted by atomic mass is 9.81. The van der Waals surface area contributed by atoms with Crippen molar-refractivity contribution in [2.75, 3.05) is 11.5 Å². The zero-order valence-corrected chi connectivity index (χ0v) is 20.9. The van der Waals surface area contributed by atoms with Gasteiger partial charge in [0.2, 0.25) is 11.8 Å². The monoisotopic (exact) mass is 573 g/mol. The Kier molecular flexibility index (Phi) is 5.77. The molecule has 3 fully saturated rings. The fourth-order valence-electron chi connectivity index (χ4n) is 5.41. The third-order valence-corrected chi connectivity index (χ3v) is 10.2. The molecule has 1 saturated heterocycles. The summed E-state index contributed by atoms with van der Waals surface area (Å²) in [6.07, 6.45) is 0.855. The van der Waals surface area contributed by atoms with E-state index < -0.39 is 5.97 Å². The molecule has 2 saturated carbocycles. The molecule has 6 nitrogen and oxygen atoms in total. The van der Waals surface area contributed by atoms with Crippen molar-refractivity contribution in [2.45, 2.75) is 23.0 Å². The molecule has 2 bridgehead atoms. The summed E-state index contributed by atoms with van der Waals surface area (Å²) in [5, 5.41) is 0. The zero-order chi connectivity index (χ0) is 23.4. The summed E-state index contributed by atoms with van der Waals surface area (Å²) >= 11 is 7.37. The first-order chi connectivity index (χ1) is 15.8. The number of imide groups is 1. The maximum absolute atomic E-state index is 13.2. The summed E-state index contributed by atoms with van der Waals surface area (Å²) in [4.78, 5) is 52.9. The number of rotatable bonds is 5. The van der Waals surface area contributed by atoms with Crippen LogP contribution in [0.5, 0.6) is 0 Å². The highest BCUT2D eigenvalue weighted by molar-refractivity contribution is 9.12. The number of Topliss-reactive ketones (excluding diaryl/α,β-unsaturated/α-hetero) is 1. The third-order valence-electron chi connectivity index (χ3n) is 7.04. The van der Waals surface area contributed by atoms with Crippen LogP contribution in [0.3, 0.4) is 0 Å². The van der Waals surface area contributed by atoms with Crippen molar-refractivity contribution in [1.82, 2.24) is 0 Å². The molecule has 0 unspecified atom stereocenters. The highest BCUT2D eigenvalue weighted by Crippen LogP contribution is 2.60. The summed E-state index contributed by atoms with van der Waals surface area (Å²) in [5.74, 6) is -1.83. The van der Waals surface area contributed by atoms with Crippen molar-refractivity contribution in [2.24, 2.45) is 23.7 Å². The highest BCUT2D eigenvalue weighted by Gasteiger charge is 2.66. The summed E-state index contributed by atoms with van der Waals surface area (Å²) in [6.45, 7) is 1.53. The van der Waals surface area contributed by atoms with Crippen LogP contribution in [0.15, 0.2) is 48.5 Å². The first-order valence-corrected chi connectivity index (χ1v) is 12.6. The number of hydrogen-bond acceptors (Lipinski definition) is 5. The number of alkyl halides is 2. The van der Waals surface area contributed by atoms with E-state index in [0.29, 0.717) is 11.3 Å². The molecule has 3 aliphatic rings. The van der Waals surface area contributed by atoms with Gasteiger partial charge in [-0.25, -0.2) is 4.79 Å². The van der Waals surface area contributed by atoms with Crippen LogP contribution >= 0.6 is 31.9 Å². The molecule has 0 spiro atoms. The van der Waals surface area contributed by atoms with Crippen molar-refractivity contribution < 1.29 is 23.9 Å². The van der Waals surface area contributed by atoms with E-state index in [1.807, 2.05) is 19.1 Å². The highest BCUT2D eigenvalue weighted by atomic mass is 79.9. The lowest BCUT2D eigenvalue weighted by molar-refractivity contribution is -0.123. The maximum atomic E-state index is 13.2. The molecule has 33 heavy (non-hydrogen) atoms. The van der Waals surface area contributed by atoms with E-state index >= 15 is 0 Å². The molecule has 2 aromatic rings. The summed E-state index contributed by atoms with van der Waals surface area (Å²) in [6, 6.07) is 13.3. The predicted molar refractivity (Wildman–Crippen MR) is 129 cm³/mol. The van der Waals surface area contributed by atoms with Crippen molar-refractivity contribution in [1.29, 1.82) is 0 Å². The average Bonchev–Trinajstić information content (AvgIpc) is 3.42. The second-order valence-corrected chi connectivity index (χ2v) is 11.0. The van der Waals surface area contributed by atoms with Gasteiger partial charge in [0.05, 0.1) is 23.1 Å². The van der Waals surface area contributed by atoms with Gasteiger partial charge in [0.1, 0.15) is 0 Å². The SMILES string of the molecule is Cc1ccc(C(=O)COC(=O)c2cccc(N3C(=O)[C@H]4[C@@H]5C[C@H]([C@@H](Br)[C@H]5Br)[C@@H]4C3=O)c2)cc1. The van der Waals surface area contributed by atoms with Crippen molar-refractivity contribution in [3.63, 3.8) is 0 Å². The molecule has 2 aromatic carbocycles. The lowest BCUT2D eigenvalue weighted by Crippen LogP contribution is -2.37. The van der Waals surface area contributed by atoms with E-state index in [4.69, 9.17) is 4.74 Å². The van der Waals surface area contributed by atoms with Crippen LogP contribution in [-0.2, 0) is 14.3 Å². The summed E-state index contributed by atoms with van der Waals surface area (Å²) in [5.41, 5.74) is 2.03. The Hall–Kier alpha value is -2.32. The number of aryl methyl sites for hydroxylation is 1. The number of amides is 2. The second kappa shape index (κ2) is 8.47. The van der Waals surface area contributed by atoms with Crippen molar-refractivity contribution in [3.05, 3.63) is 65.2 Å². The van der Waals surface area contributed by atoms with E-state index in [-0.39, 0.29) is 63.1 Å². The van der Waals surface area contributed by atoms with Gasteiger partial charge in [-0.2, -0.15) is 0 Å². The van der Waals surface area contributed by atoms with Crippen molar-refractivity contribution >= 4 is 61.1 Å². The fraction of sp³-hybridized carbons (Fsp3) is 0.360. The molecular formula is C25H21Br2NO5. The Balaban J connectivity index is 1.31. The molecule has 0 N–H and O–H groups in total. The Morgan fingerprint density at radius 1 is 0.939 bits per heavy atom. The number of carbonyl (C=O) groups is 4. The van der Waals surface area contributed by atoms with E-state index in [1.54, 1.807) is 30.3 Å². The number of ether oxygens (including phenoxy) is 1. The third kappa shape index (κ3) is 3.67. The van der Waals surface area contributed by atoms with Crippen molar-refractivity contribution in [3.8, 4) is 0 Å². The Bertz CT molecular complexity index is 1130. The van der Waals surface area contributed by atoms with E-state index in [9.17, 15) is 19.2 Å². The Morgan fingerprint density at radius 2 is 1.55 bits per heavy atom. The Labute approximate surface area is 207 Å². The van der Waals surface area contributed by atoms with E-state index in [0.717, 1.165) is 12.0 Å². The number of benzene rings is 2. The van der Waals surface area contributed by atoms with E-state index in [1.165, 1.54) is 11.0 Å². The molecular weight excluding hydrogens is 554 g/mol. The number of nitrogens with zero attached hydrogens (tertiary/aromatic N) is 1. The smallest absolute Gasteiger partial charge is 0.338 e. The topological polar surface area (TPSA) is 80.8 Å². The molecule has 170 valence electrons. The van der Waals surface area contributed by atoms with Gasteiger partial charge in [0.25, 0.3) is 0 Å². The Morgan fingerprint density at radius 3 is 2.15 bits per heavy atom. The lowest BCUT2D eigenvalue weighted by Gasteiger charge is -2.28. The number of ketones is 1. The minimum absolute atomic E-state index is 0.117. The van der Waals surface area contributed by atoms with Gasteiger partial charge in [-0.1, -0.05) is 67.8 Å². The van der Waals surface area contributed by atoms with Crippen LogP contribution in [0.25, 0.3) is 0 Å². The van der Waals surface area contributed by atoms with Gasteiger partial charge in [-0.05, 0) is 43.4 Å². The molecule has 5 rings (SSSR count). The van der Waals surface area contributed by atoms with Gasteiger partial charge >= 0.3 is 5.97 Å². The molecule has 0 radical (unpaired) electrons. The van der Waals surface area contributed by atoms with Crippen LogP contribution < -0.4 is 4.90 Å².